The van der Waals surface area contributed by atoms with E-state index < -0.39 is 65.8 Å². The highest BCUT2D eigenvalue weighted by molar-refractivity contribution is 7.80. The molecule has 3 unspecified atom stereocenters. The van der Waals surface area contributed by atoms with Crippen LogP contribution in [0.4, 0.5) is 0 Å². The zero-order valence-electron chi connectivity index (χ0n) is 23.5. The molecule has 0 radical (unpaired) electrons. The fraction of sp³-hybridized carbons (Fsp3) is 0.407. The van der Waals surface area contributed by atoms with Gasteiger partial charge >= 0.3 is 17.9 Å². The molecule has 232 valence electrons. The van der Waals surface area contributed by atoms with Crippen molar-refractivity contribution >= 4 is 35.1 Å². The summed E-state index contributed by atoms with van der Waals surface area (Å²) in [5, 5.41) is 18.6. The second-order valence-electron chi connectivity index (χ2n) is 9.65. The van der Waals surface area contributed by atoms with Gasteiger partial charge in [-0.2, -0.15) is 0 Å². The van der Waals surface area contributed by atoms with Gasteiger partial charge in [-0.25, -0.2) is 4.79 Å². The van der Waals surface area contributed by atoms with Crippen molar-refractivity contribution in [1.82, 2.24) is 0 Å². The number of hydrogen-bond acceptors (Lipinski definition) is 13. The van der Waals surface area contributed by atoms with Crippen LogP contribution in [-0.4, -0.2) is 58.5 Å². The number of carbonyl (C=O) groups is 3. The van der Waals surface area contributed by atoms with Gasteiger partial charge < -0.3 is 29.6 Å². The van der Waals surface area contributed by atoms with Crippen LogP contribution < -0.4 is 10.5 Å². The molecule has 0 aliphatic carbocycles. The van der Waals surface area contributed by atoms with E-state index in [1.54, 1.807) is 19.1 Å². The van der Waals surface area contributed by atoms with Gasteiger partial charge in [0.15, 0.2) is 0 Å². The van der Waals surface area contributed by atoms with E-state index in [0.717, 1.165) is 12.0 Å². The second-order valence-corrected chi connectivity index (χ2v) is 10.1. The van der Waals surface area contributed by atoms with Gasteiger partial charge in [-0.1, -0.05) is 50.3 Å². The molecule has 2 aromatic carbocycles. The summed E-state index contributed by atoms with van der Waals surface area (Å²) in [5.74, 6) is -3.43. The van der Waals surface area contributed by atoms with E-state index in [0.29, 0.717) is 17.0 Å². The van der Waals surface area contributed by atoms with Crippen LogP contribution in [0.25, 0.3) is 0 Å². The minimum Gasteiger partial charge on any atom is -0.461 e. The summed E-state index contributed by atoms with van der Waals surface area (Å²) in [6, 6.07) is 13.1. The second kappa shape index (κ2) is 16.5. The van der Waals surface area contributed by atoms with Crippen molar-refractivity contribution in [3.8, 4) is 5.75 Å². The molecule has 0 aliphatic heterocycles. The van der Waals surface area contributed by atoms with Gasteiger partial charge in [-0.3, -0.25) is 9.59 Å². The molecule has 2 aromatic rings. The summed E-state index contributed by atoms with van der Waals surface area (Å²) in [6.45, 7) is 3.95. The van der Waals surface area contributed by atoms with Crippen LogP contribution in [0, 0.1) is 26.1 Å². The Kier molecular flexibility index (Phi) is 13.2. The maximum Gasteiger partial charge on any atom is 0.356 e. The third-order valence-corrected chi connectivity index (χ3v) is 5.98. The Labute approximate surface area is 251 Å². The van der Waals surface area contributed by atoms with Gasteiger partial charge in [-0.05, 0) is 54.7 Å². The molecule has 16 heteroatoms. The molecule has 43 heavy (non-hydrogen) atoms. The van der Waals surface area contributed by atoms with E-state index >= 15 is 0 Å². The van der Waals surface area contributed by atoms with Crippen LogP contribution in [0.15, 0.2) is 48.5 Å². The van der Waals surface area contributed by atoms with E-state index in [1.807, 2.05) is 12.1 Å². The van der Waals surface area contributed by atoms with Crippen molar-refractivity contribution in [3.05, 3.63) is 85.4 Å². The third kappa shape index (κ3) is 12.3. The minimum atomic E-state index is -1.75. The average Bonchev–Trinajstić information content (AvgIpc) is 2.93. The number of nitrogens with zero attached hydrogens (tertiary/aromatic N) is 2. The van der Waals surface area contributed by atoms with E-state index in [-0.39, 0.29) is 10.7 Å². The third-order valence-electron chi connectivity index (χ3n) is 5.75. The predicted molar refractivity (Wildman–Crippen MR) is 152 cm³/mol. The number of rotatable bonds is 17. The van der Waals surface area contributed by atoms with Gasteiger partial charge in [-0.15, -0.1) is 20.2 Å². The van der Waals surface area contributed by atoms with Gasteiger partial charge in [0.2, 0.25) is 6.10 Å². The highest BCUT2D eigenvalue weighted by Crippen LogP contribution is 2.21. The monoisotopic (exact) mass is 621 g/mol. The Bertz CT molecular complexity index is 1300. The van der Waals surface area contributed by atoms with Gasteiger partial charge in [0.25, 0.3) is 10.2 Å². The minimum absolute atomic E-state index is 0.0440. The average molecular weight is 622 g/mol. The standard InChI is InChI=1S/C27H31N3O12S/c1-16(2)12-18-4-6-19(7-5-18)17(3)26(32)41-23(27(33)40-21-10-8-20(9-11-21)25(28)43)15-38-24(31)13-22(42-30(36)37)14-39-29(34)35/h4-11,16-17,22-23H,12-15H2,1-3H3,(H2,28,43). The van der Waals surface area contributed by atoms with Crippen molar-refractivity contribution in [2.45, 2.75) is 51.7 Å². The highest BCUT2D eigenvalue weighted by Gasteiger charge is 2.31. The molecule has 15 nitrogen and oxygen atoms in total. The Balaban J connectivity index is 2.16. The number of ether oxygens (including phenoxy) is 3. The number of benzene rings is 2. The van der Waals surface area contributed by atoms with Crippen molar-refractivity contribution in [2.75, 3.05) is 13.2 Å². The van der Waals surface area contributed by atoms with Crippen molar-refractivity contribution in [3.63, 3.8) is 0 Å². The van der Waals surface area contributed by atoms with Crippen molar-refractivity contribution < 1.29 is 48.4 Å². The van der Waals surface area contributed by atoms with Crippen LogP contribution in [0.1, 0.15) is 49.8 Å². The van der Waals surface area contributed by atoms with Crippen LogP contribution in [0.3, 0.4) is 0 Å². The van der Waals surface area contributed by atoms with E-state index in [1.165, 1.54) is 24.3 Å². The lowest BCUT2D eigenvalue weighted by Crippen LogP contribution is -2.37. The zero-order valence-corrected chi connectivity index (χ0v) is 24.4. The zero-order chi connectivity index (χ0) is 32.1. The largest absolute Gasteiger partial charge is 0.461 e. The number of nitrogens with two attached hydrogens (primary N) is 1. The van der Waals surface area contributed by atoms with E-state index in [4.69, 9.17) is 32.2 Å². The maximum atomic E-state index is 13.0. The fourth-order valence-corrected chi connectivity index (χ4v) is 3.75. The van der Waals surface area contributed by atoms with Crippen LogP contribution >= 0.6 is 12.2 Å². The van der Waals surface area contributed by atoms with Gasteiger partial charge in [0.1, 0.15) is 30.1 Å². The molecule has 0 amide bonds. The molecule has 0 saturated heterocycles. The summed E-state index contributed by atoms with van der Waals surface area (Å²) in [7, 11) is 0. The molecule has 0 saturated carbocycles. The van der Waals surface area contributed by atoms with Gasteiger partial charge in [0, 0.05) is 5.56 Å². The summed E-state index contributed by atoms with van der Waals surface area (Å²) in [6.07, 6.45) is -3.45. The first-order valence-corrected chi connectivity index (χ1v) is 13.3. The van der Waals surface area contributed by atoms with Crippen LogP contribution in [-0.2, 0) is 40.0 Å². The Morgan fingerprint density at radius 2 is 1.53 bits per heavy atom. The predicted octanol–water partition coefficient (Wildman–Crippen LogP) is 2.86. The lowest BCUT2D eigenvalue weighted by molar-refractivity contribution is -0.789. The molecular weight excluding hydrogens is 590 g/mol. The summed E-state index contributed by atoms with van der Waals surface area (Å²) >= 11 is 4.89. The number of carbonyl (C=O) groups excluding carboxylic acids is 3. The summed E-state index contributed by atoms with van der Waals surface area (Å²) in [5.41, 5.74) is 7.77. The quantitative estimate of drug-likeness (QED) is 0.0885. The topological polar surface area (TPSA) is 210 Å². The molecule has 0 aromatic heterocycles. The highest BCUT2D eigenvalue weighted by atomic mass is 32.1. The Morgan fingerprint density at radius 3 is 2.07 bits per heavy atom. The normalized spacial score (nSPS) is 12.7. The smallest absolute Gasteiger partial charge is 0.356 e. The first kappa shape index (κ1) is 34.3. The Hall–Kier alpha value is -4.86. The van der Waals surface area contributed by atoms with Crippen LogP contribution in [0.5, 0.6) is 5.75 Å². The first-order chi connectivity index (χ1) is 20.2. The molecule has 2 rings (SSSR count). The lowest BCUT2D eigenvalue weighted by atomic mass is 9.97. The Morgan fingerprint density at radius 1 is 0.907 bits per heavy atom. The lowest BCUT2D eigenvalue weighted by Gasteiger charge is -2.20. The van der Waals surface area contributed by atoms with Crippen LogP contribution in [0.2, 0.25) is 0 Å². The fourth-order valence-electron chi connectivity index (χ4n) is 3.62. The van der Waals surface area contributed by atoms with Gasteiger partial charge in [0.05, 0.1) is 12.3 Å². The molecule has 2 N–H and O–H groups in total. The number of thiocarbonyl (C=S) groups is 1. The van der Waals surface area contributed by atoms with E-state index in [9.17, 15) is 34.6 Å². The number of hydrogen-bond donors (Lipinski definition) is 1. The van der Waals surface area contributed by atoms with E-state index in [2.05, 4.69) is 23.5 Å². The molecule has 0 bridgehead atoms. The first-order valence-electron chi connectivity index (χ1n) is 12.9. The van der Waals surface area contributed by atoms with Crippen molar-refractivity contribution in [2.24, 2.45) is 11.7 Å². The molecular formula is C27H31N3O12S. The molecule has 0 heterocycles. The molecule has 3 atom stereocenters. The molecule has 0 fully saturated rings. The maximum absolute atomic E-state index is 13.0. The number of esters is 3. The summed E-state index contributed by atoms with van der Waals surface area (Å²) < 4.78 is 15.6. The molecule has 0 aliphatic rings. The summed E-state index contributed by atoms with van der Waals surface area (Å²) in [4.78, 5) is 67.8. The molecule has 0 spiro atoms. The van der Waals surface area contributed by atoms with Crippen molar-refractivity contribution in [1.29, 1.82) is 0 Å². The SMILES string of the molecule is CC(C)Cc1ccc(C(C)C(=O)OC(COC(=O)CC(CO[N+](=O)[O-])O[N+](=O)[O-])C(=O)Oc2ccc(C(N)=S)cc2)cc1.